The van der Waals surface area contributed by atoms with Gasteiger partial charge in [-0.05, 0) is 0 Å². The molecular formula is C9H11ClN2O3. The van der Waals surface area contributed by atoms with E-state index in [9.17, 15) is 4.79 Å². The van der Waals surface area contributed by atoms with E-state index in [1.807, 2.05) is 0 Å². The molecule has 0 unspecified atom stereocenters. The van der Waals surface area contributed by atoms with Crippen molar-refractivity contribution in [2.24, 2.45) is 0 Å². The Morgan fingerprint density at radius 3 is 2.80 bits per heavy atom. The molecule has 0 spiro atoms. The standard InChI is InChI=1S/C9H11ClN2O3/c1-14-4-3-8-11-6(9(13)15-2)5-7(10)12-8/h5H,3-4H2,1-2H3. The number of rotatable bonds is 4. The van der Waals surface area contributed by atoms with Gasteiger partial charge in [-0.15, -0.1) is 0 Å². The second-order valence-electron chi connectivity index (χ2n) is 2.73. The van der Waals surface area contributed by atoms with Crippen molar-refractivity contribution in [2.45, 2.75) is 6.42 Å². The van der Waals surface area contributed by atoms with Crippen LogP contribution >= 0.6 is 11.6 Å². The Bertz CT molecular complexity index is 357. The topological polar surface area (TPSA) is 61.3 Å². The number of aromatic nitrogens is 2. The first kappa shape index (κ1) is 11.9. The number of carbonyl (C=O) groups excluding carboxylic acids is 1. The van der Waals surface area contributed by atoms with Crippen LogP contribution in [-0.2, 0) is 15.9 Å². The summed E-state index contributed by atoms with van der Waals surface area (Å²) in [5.41, 5.74) is 0.156. The van der Waals surface area contributed by atoms with E-state index >= 15 is 0 Å². The second kappa shape index (κ2) is 5.63. The quantitative estimate of drug-likeness (QED) is 0.573. The predicted molar refractivity (Wildman–Crippen MR) is 54.0 cm³/mol. The first-order chi connectivity index (χ1) is 7.17. The van der Waals surface area contributed by atoms with Gasteiger partial charge in [-0.2, -0.15) is 0 Å². The van der Waals surface area contributed by atoms with Crippen LogP contribution < -0.4 is 0 Å². The number of esters is 1. The molecular weight excluding hydrogens is 220 g/mol. The van der Waals surface area contributed by atoms with Crippen LogP contribution in [0.15, 0.2) is 6.07 Å². The van der Waals surface area contributed by atoms with Crippen molar-refractivity contribution in [1.82, 2.24) is 9.97 Å². The maximum absolute atomic E-state index is 11.2. The summed E-state index contributed by atoms with van der Waals surface area (Å²) in [6, 6.07) is 1.36. The fraction of sp³-hybridized carbons (Fsp3) is 0.444. The van der Waals surface area contributed by atoms with E-state index < -0.39 is 5.97 Å². The lowest BCUT2D eigenvalue weighted by molar-refractivity contribution is 0.0593. The minimum atomic E-state index is -0.530. The van der Waals surface area contributed by atoms with Crippen LogP contribution in [0.5, 0.6) is 0 Å². The number of nitrogens with zero attached hydrogens (tertiary/aromatic N) is 2. The molecule has 0 amide bonds. The van der Waals surface area contributed by atoms with Gasteiger partial charge in [-0.3, -0.25) is 0 Å². The van der Waals surface area contributed by atoms with Gasteiger partial charge in [0.25, 0.3) is 0 Å². The normalized spacial score (nSPS) is 10.1. The van der Waals surface area contributed by atoms with Crippen LogP contribution in [0.25, 0.3) is 0 Å². The molecule has 0 saturated carbocycles. The van der Waals surface area contributed by atoms with E-state index in [4.69, 9.17) is 16.3 Å². The average Bonchev–Trinajstić information content (AvgIpc) is 2.24. The number of halogens is 1. The molecule has 0 radical (unpaired) electrons. The number of hydrogen-bond acceptors (Lipinski definition) is 5. The molecule has 0 bridgehead atoms. The van der Waals surface area contributed by atoms with Gasteiger partial charge in [0.1, 0.15) is 11.0 Å². The van der Waals surface area contributed by atoms with Crippen LogP contribution in [-0.4, -0.2) is 36.8 Å². The summed E-state index contributed by atoms with van der Waals surface area (Å²) < 4.78 is 9.40. The first-order valence-corrected chi connectivity index (χ1v) is 4.66. The molecule has 1 aromatic heterocycles. The van der Waals surface area contributed by atoms with Gasteiger partial charge in [0.05, 0.1) is 13.7 Å². The number of ether oxygens (including phenoxy) is 2. The molecule has 15 heavy (non-hydrogen) atoms. The highest BCUT2D eigenvalue weighted by Crippen LogP contribution is 2.08. The summed E-state index contributed by atoms with van der Waals surface area (Å²) in [5, 5.41) is 0.219. The van der Waals surface area contributed by atoms with Crippen LogP contribution in [0.3, 0.4) is 0 Å². The lowest BCUT2D eigenvalue weighted by Gasteiger charge is -2.03. The highest BCUT2D eigenvalue weighted by molar-refractivity contribution is 6.29. The molecule has 0 aliphatic heterocycles. The molecule has 0 fully saturated rings. The highest BCUT2D eigenvalue weighted by Gasteiger charge is 2.10. The molecule has 1 heterocycles. The van der Waals surface area contributed by atoms with Gasteiger partial charge >= 0.3 is 5.97 Å². The SMILES string of the molecule is COCCc1nc(Cl)cc(C(=O)OC)n1. The average molecular weight is 231 g/mol. The number of carbonyl (C=O) groups is 1. The summed E-state index contributed by atoms with van der Waals surface area (Å²) in [6.07, 6.45) is 0.501. The Hall–Kier alpha value is -1.20. The van der Waals surface area contributed by atoms with Crippen LogP contribution in [0, 0.1) is 0 Å². The summed E-state index contributed by atoms with van der Waals surface area (Å²) in [5.74, 6) is -0.0669. The maximum Gasteiger partial charge on any atom is 0.356 e. The third-order valence-electron chi connectivity index (χ3n) is 1.67. The second-order valence-corrected chi connectivity index (χ2v) is 3.11. The van der Waals surface area contributed by atoms with Crippen molar-refractivity contribution in [3.8, 4) is 0 Å². The van der Waals surface area contributed by atoms with E-state index in [0.29, 0.717) is 18.9 Å². The van der Waals surface area contributed by atoms with E-state index in [1.54, 1.807) is 7.11 Å². The zero-order valence-electron chi connectivity index (χ0n) is 8.49. The van der Waals surface area contributed by atoms with Crippen molar-refractivity contribution in [2.75, 3.05) is 20.8 Å². The Kier molecular flexibility index (Phi) is 4.45. The van der Waals surface area contributed by atoms with E-state index in [-0.39, 0.29) is 10.8 Å². The Labute approximate surface area is 92.4 Å². The largest absolute Gasteiger partial charge is 0.464 e. The van der Waals surface area contributed by atoms with Gasteiger partial charge in [0.2, 0.25) is 0 Å². The van der Waals surface area contributed by atoms with Crippen molar-refractivity contribution >= 4 is 17.6 Å². The fourth-order valence-electron chi connectivity index (χ4n) is 0.979. The summed E-state index contributed by atoms with van der Waals surface area (Å²) >= 11 is 5.73. The fourth-order valence-corrected chi connectivity index (χ4v) is 1.18. The predicted octanol–water partition coefficient (Wildman–Crippen LogP) is 1.11. The third-order valence-corrected chi connectivity index (χ3v) is 1.86. The molecule has 0 atom stereocenters. The Balaban J connectivity index is 2.89. The van der Waals surface area contributed by atoms with Gasteiger partial charge in [0, 0.05) is 19.6 Å². The summed E-state index contributed by atoms with van der Waals surface area (Å²) in [7, 11) is 2.86. The van der Waals surface area contributed by atoms with E-state index in [1.165, 1.54) is 13.2 Å². The van der Waals surface area contributed by atoms with Crippen molar-refractivity contribution in [1.29, 1.82) is 0 Å². The number of methoxy groups -OCH3 is 2. The molecule has 0 saturated heterocycles. The molecule has 0 aromatic carbocycles. The summed E-state index contributed by atoms with van der Waals surface area (Å²) in [6.45, 7) is 0.473. The zero-order chi connectivity index (χ0) is 11.3. The highest BCUT2D eigenvalue weighted by atomic mass is 35.5. The molecule has 1 rings (SSSR count). The Morgan fingerprint density at radius 2 is 2.20 bits per heavy atom. The number of hydrogen-bond donors (Lipinski definition) is 0. The van der Waals surface area contributed by atoms with E-state index in [0.717, 1.165) is 0 Å². The molecule has 6 heteroatoms. The van der Waals surface area contributed by atoms with Crippen LogP contribution in [0.1, 0.15) is 16.3 Å². The lowest BCUT2D eigenvalue weighted by atomic mass is 10.3. The molecule has 0 N–H and O–H groups in total. The molecule has 0 aliphatic rings. The maximum atomic E-state index is 11.2. The third kappa shape index (κ3) is 3.45. The van der Waals surface area contributed by atoms with E-state index in [2.05, 4.69) is 14.7 Å². The lowest BCUT2D eigenvalue weighted by Crippen LogP contribution is -2.09. The van der Waals surface area contributed by atoms with Crippen molar-refractivity contribution < 1.29 is 14.3 Å². The van der Waals surface area contributed by atoms with Crippen molar-refractivity contribution in [3.05, 3.63) is 22.7 Å². The molecule has 1 aromatic rings. The molecule has 82 valence electrons. The van der Waals surface area contributed by atoms with Crippen LogP contribution in [0.2, 0.25) is 5.15 Å². The van der Waals surface area contributed by atoms with Crippen LogP contribution in [0.4, 0.5) is 0 Å². The summed E-state index contributed by atoms with van der Waals surface area (Å²) in [4.78, 5) is 19.1. The van der Waals surface area contributed by atoms with Gasteiger partial charge < -0.3 is 9.47 Å². The Morgan fingerprint density at radius 1 is 1.47 bits per heavy atom. The smallest absolute Gasteiger partial charge is 0.356 e. The van der Waals surface area contributed by atoms with Gasteiger partial charge in [-0.25, -0.2) is 14.8 Å². The minimum Gasteiger partial charge on any atom is -0.464 e. The molecule has 0 aliphatic carbocycles. The van der Waals surface area contributed by atoms with Gasteiger partial charge in [0.15, 0.2) is 5.69 Å². The van der Waals surface area contributed by atoms with Crippen molar-refractivity contribution in [3.63, 3.8) is 0 Å². The van der Waals surface area contributed by atoms with Gasteiger partial charge in [-0.1, -0.05) is 11.6 Å². The zero-order valence-corrected chi connectivity index (χ0v) is 9.24. The molecule has 5 nitrogen and oxygen atoms in total. The first-order valence-electron chi connectivity index (χ1n) is 4.28. The monoisotopic (exact) mass is 230 g/mol. The minimum absolute atomic E-state index is 0.156.